The number of benzene rings is 2. The van der Waals surface area contributed by atoms with Gasteiger partial charge in [-0.2, -0.15) is 5.26 Å². The highest BCUT2D eigenvalue weighted by Crippen LogP contribution is 2.29. The topological polar surface area (TPSA) is 78.2 Å². The van der Waals surface area contributed by atoms with Gasteiger partial charge in [0.25, 0.3) is 0 Å². The maximum atomic E-state index is 12.4. The van der Waals surface area contributed by atoms with Crippen LogP contribution in [0.5, 0.6) is 0 Å². The van der Waals surface area contributed by atoms with Crippen LogP contribution in [0.1, 0.15) is 44.2 Å². The summed E-state index contributed by atoms with van der Waals surface area (Å²) >= 11 is 0. The van der Waals surface area contributed by atoms with Crippen LogP contribution >= 0.6 is 0 Å². The molecule has 0 saturated heterocycles. The van der Waals surface area contributed by atoms with Gasteiger partial charge < -0.3 is 5.11 Å². The first-order chi connectivity index (χ1) is 12.4. The van der Waals surface area contributed by atoms with Gasteiger partial charge in [-0.1, -0.05) is 55.8 Å². The predicted molar refractivity (Wildman–Crippen MR) is 101 cm³/mol. The summed E-state index contributed by atoms with van der Waals surface area (Å²) in [5, 5.41) is 18.8. The molecular formula is C22H23NO3. The first-order valence-corrected chi connectivity index (χ1v) is 8.77. The van der Waals surface area contributed by atoms with Gasteiger partial charge in [0.2, 0.25) is 0 Å². The molecule has 26 heavy (non-hydrogen) atoms. The van der Waals surface area contributed by atoms with Gasteiger partial charge in [0.15, 0.2) is 0 Å². The Morgan fingerprint density at radius 1 is 1.12 bits per heavy atom. The minimum Gasteiger partial charge on any atom is -0.480 e. The minimum atomic E-state index is -1.42. The van der Waals surface area contributed by atoms with Crippen molar-refractivity contribution in [3.63, 3.8) is 0 Å². The molecule has 0 aliphatic heterocycles. The van der Waals surface area contributed by atoms with E-state index in [2.05, 4.69) is 6.07 Å². The summed E-state index contributed by atoms with van der Waals surface area (Å²) in [5.74, 6) is -1.32. The normalized spacial score (nSPS) is 12.8. The van der Waals surface area contributed by atoms with Crippen LogP contribution in [0, 0.1) is 16.7 Å². The largest absolute Gasteiger partial charge is 0.480 e. The smallest absolute Gasteiger partial charge is 0.317 e. The Balaban J connectivity index is 2.25. The Morgan fingerprint density at radius 3 is 2.35 bits per heavy atom. The SMILES string of the molecule is CCCCC(=O)C(C)(Cc1ccc(-c2ccccc2C#N)cc1)C(=O)O. The molecular weight excluding hydrogens is 326 g/mol. The average molecular weight is 349 g/mol. The maximum absolute atomic E-state index is 12.4. The molecule has 0 aliphatic carbocycles. The Labute approximate surface area is 154 Å². The van der Waals surface area contributed by atoms with E-state index in [0.29, 0.717) is 12.0 Å². The summed E-state index contributed by atoms with van der Waals surface area (Å²) in [4.78, 5) is 24.2. The van der Waals surface area contributed by atoms with Gasteiger partial charge in [0, 0.05) is 6.42 Å². The Bertz CT molecular complexity index is 833. The molecule has 0 amide bonds. The summed E-state index contributed by atoms with van der Waals surface area (Å²) in [7, 11) is 0. The zero-order valence-corrected chi connectivity index (χ0v) is 15.2. The first kappa shape index (κ1) is 19.4. The molecule has 2 aromatic rings. The Morgan fingerprint density at radius 2 is 1.77 bits per heavy atom. The number of aliphatic carboxylic acids is 1. The van der Waals surface area contributed by atoms with Gasteiger partial charge >= 0.3 is 5.97 Å². The predicted octanol–water partition coefficient (Wildman–Crippen LogP) is 4.62. The Kier molecular flexibility index (Phi) is 6.30. The summed E-state index contributed by atoms with van der Waals surface area (Å²) in [6.07, 6.45) is 2.00. The van der Waals surface area contributed by atoms with Gasteiger partial charge in [0.05, 0.1) is 11.6 Å². The van der Waals surface area contributed by atoms with Crippen molar-refractivity contribution in [2.45, 2.75) is 39.5 Å². The second-order valence-electron chi connectivity index (χ2n) is 6.70. The van der Waals surface area contributed by atoms with Crippen LogP contribution in [0.3, 0.4) is 0 Å². The molecule has 0 fully saturated rings. The van der Waals surface area contributed by atoms with Crippen LogP contribution in [0.2, 0.25) is 0 Å². The number of hydrogen-bond acceptors (Lipinski definition) is 3. The Hall–Kier alpha value is -2.93. The molecule has 0 spiro atoms. The third-order valence-electron chi connectivity index (χ3n) is 4.71. The fourth-order valence-electron chi connectivity index (χ4n) is 2.95. The molecule has 0 saturated carbocycles. The summed E-state index contributed by atoms with van der Waals surface area (Å²) in [6, 6.07) is 16.9. The van der Waals surface area contributed by atoms with Crippen molar-refractivity contribution >= 4 is 11.8 Å². The lowest BCUT2D eigenvalue weighted by atomic mass is 9.78. The van der Waals surface area contributed by atoms with E-state index < -0.39 is 11.4 Å². The number of ketones is 1. The van der Waals surface area contributed by atoms with Crippen LogP contribution < -0.4 is 0 Å². The van der Waals surface area contributed by atoms with Crippen molar-refractivity contribution in [1.82, 2.24) is 0 Å². The molecule has 0 heterocycles. The van der Waals surface area contributed by atoms with E-state index in [4.69, 9.17) is 0 Å². The third kappa shape index (κ3) is 4.18. The van der Waals surface area contributed by atoms with Crippen molar-refractivity contribution in [2.75, 3.05) is 0 Å². The van der Waals surface area contributed by atoms with Crippen LogP contribution in [-0.4, -0.2) is 16.9 Å². The summed E-state index contributed by atoms with van der Waals surface area (Å²) < 4.78 is 0. The third-order valence-corrected chi connectivity index (χ3v) is 4.71. The highest BCUT2D eigenvalue weighted by Gasteiger charge is 2.40. The van der Waals surface area contributed by atoms with Crippen LogP contribution in [-0.2, 0) is 16.0 Å². The number of nitriles is 1. The summed E-state index contributed by atoms with van der Waals surface area (Å²) in [5.41, 5.74) is 1.69. The summed E-state index contributed by atoms with van der Waals surface area (Å²) in [6.45, 7) is 3.48. The monoisotopic (exact) mass is 349 g/mol. The van der Waals surface area contributed by atoms with Crippen molar-refractivity contribution in [3.8, 4) is 17.2 Å². The van der Waals surface area contributed by atoms with Crippen molar-refractivity contribution in [1.29, 1.82) is 5.26 Å². The zero-order valence-electron chi connectivity index (χ0n) is 15.2. The molecule has 0 radical (unpaired) electrons. The van der Waals surface area contributed by atoms with Crippen LogP contribution in [0.25, 0.3) is 11.1 Å². The molecule has 4 heteroatoms. The average Bonchev–Trinajstić information content (AvgIpc) is 2.66. The molecule has 134 valence electrons. The van der Waals surface area contributed by atoms with Gasteiger partial charge in [-0.15, -0.1) is 0 Å². The minimum absolute atomic E-state index is 0.158. The highest BCUT2D eigenvalue weighted by atomic mass is 16.4. The van der Waals surface area contributed by atoms with E-state index in [-0.39, 0.29) is 18.6 Å². The fourth-order valence-corrected chi connectivity index (χ4v) is 2.95. The molecule has 2 aromatic carbocycles. The number of unbranched alkanes of at least 4 members (excludes halogenated alkanes) is 1. The number of carbonyl (C=O) groups excluding carboxylic acids is 1. The quantitative estimate of drug-likeness (QED) is 0.705. The molecule has 1 N–H and O–H groups in total. The van der Waals surface area contributed by atoms with Gasteiger partial charge in [0.1, 0.15) is 11.2 Å². The number of carboxylic acid groups (broad SMARTS) is 1. The lowest BCUT2D eigenvalue weighted by molar-refractivity contribution is -0.153. The number of hydrogen-bond donors (Lipinski definition) is 1. The van der Waals surface area contributed by atoms with Crippen LogP contribution in [0.4, 0.5) is 0 Å². The van der Waals surface area contributed by atoms with E-state index in [1.165, 1.54) is 6.92 Å². The number of Topliss-reactive ketones (excluding diaryl/α,β-unsaturated/α-hetero) is 1. The molecule has 1 atom stereocenters. The highest BCUT2D eigenvalue weighted by molar-refractivity contribution is 6.02. The molecule has 2 rings (SSSR count). The number of rotatable bonds is 8. The maximum Gasteiger partial charge on any atom is 0.317 e. The standard InChI is InChI=1S/C22H23NO3/c1-3-4-9-20(24)22(2,21(25)26)14-16-10-12-17(13-11-16)19-8-6-5-7-18(19)15-23/h5-8,10-13H,3-4,9,14H2,1-2H3,(H,25,26). The van der Waals surface area contributed by atoms with E-state index in [0.717, 1.165) is 23.1 Å². The molecule has 0 bridgehead atoms. The lowest BCUT2D eigenvalue weighted by Gasteiger charge is -2.23. The number of nitrogens with zero attached hydrogens (tertiary/aromatic N) is 1. The molecule has 4 nitrogen and oxygen atoms in total. The second kappa shape index (κ2) is 8.44. The molecule has 0 aliphatic rings. The lowest BCUT2D eigenvalue weighted by Crippen LogP contribution is -2.38. The van der Waals surface area contributed by atoms with Crippen LogP contribution in [0.15, 0.2) is 48.5 Å². The number of carbonyl (C=O) groups is 2. The molecule has 0 aromatic heterocycles. The van der Waals surface area contributed by atoms with Crippen molar-refractivity contribution < 1.29 is 14.7 Å². The second-order valence-corrected chi connectivity index (χ2v) is 6.70. The van der Waals surface area contributed by atoms with Gasteiger partial charge in [-0.25, -0.2) is 0 Å². The zero-order chi connectivity index (χ0) is 19.2. The van der Waals surface area contributed by atoms with Gasteiger partial charge in [-0.3, -0.25) is 9.59 Å². The molecule has 1 unspecified atom stereocenters. The van der Waals surface area contributed by atoms with Crippen molar-refractivity contribution in [2.24, 2.45) is 5.41 Å². The number of carboxylic acids is 1. The fraction of sp³-hybridized carbons (Fsp3) is 0.318. The first-order valence-electron chi connectivity index (χ1n) is 8.77. The van der Waals surface area contributed by atoms with E-state index >= 15 is 0 Å². The van der Waals surface area contributed by atoms with Crippen molar-refractivity contribution in [3.05, 3.63) is 59.7 Å². The van der Waals surface area contributed by atoms with Gasteiger partial charge in [-0.05, 0) is 42.5 Å². The van der Waals surface area contributed by atoms with E-state index in [1.807, 2.05) is 49.4 Å². The van der Waals surface area contributed by atoms with E-state index in [1.54, 1.807) is 6.07 Å². The van der Waals surface area contributed by atoms with E-state index in [9.17, 15) is 20.0 Å².